The van der Waals surface area contributed by atoms with Crippen molar-refractivity contribution in [2.45, 2.75) is 52.0 Å². The summed E-state index contributed by atoms with van der Waals surface area (Å²) in [4.78, 5) is 39.2. The fourth-order valence-corrected chi connectivity index (χ4v) is 4.74. The van der Waals surface area contributed by atoms with Gasteiger partial charge in [0.1, 0.15) is 34.3 Å². The fourth-order valence-electron chi connectivity index (χ4n) is 4.74. The number of rotatable bonds is 13. The molecule has 0 bridgehead atoms. The maximum absolute atomic E-state index is 13.5. The Bertz CT molecular complexity index is 1790. The Hall–Kier alpha value is -5.29. The molecule has 11 heteroatoms. The third-order valence-corrected chi connectivity index (χ3v) is 7.22. The highest BCUT2D eigenvalue weighted by Crippen LogP contribution is 2.38. The molecule has 3 aromatic carbocycles. The van der Waals surface area contributed by atoms with E-state index >= 15 is 0 Å². The second-order valence-electron chi connectivity index (χ2n) is 10.7. The molecule has 236 valence electrons. The molecule has 0 amide bonds. The number of hydrogen-bond donors (Lipinski definition) is 6. The molecule has 4 rings (SSSR count). The van der Waals surface area contributed by atoms with E-state index in [4.69, 9.17) is 9.15 Å². The lowest BCUT2D eigenvalue weighted by Gasteiger charge is -2.19. The molecule has 0 saturated carbocycles. The Morgan fingerprint density at radius 3 is 2.31 bits per heavy atom. The van der Waals surface area contributed by atoms with Crippen molar-refractivity contribution in [3.05, 3.63) is 76.0 Å². The van der Waals surface area contributed by atoms with Crippen molar-refractivity contribution >= 4 is 28.8 Å². The smallest absolute Gasteiger partial charge is 0.328 e. The van der Waals surface area contributed by atoms with Gasteiger partial charge < -0.3 is 40.0 Å². The second kappa shape index (κ2) is 14.5. The molecule has 0 spiro atoms. The Labute approximate surface area is 258 Å². The van der Waals surface area contributed by atoms with Crippen molar-refractivity contribution < 1.29 is 44.3 Å². The number of fused-ring (bicyclic) bond motifs is 1. The largest absolute Gasteiger partial charge is 0.508 e. The number of unbranched alkanes of at least 4 members (excludes halogenated alkanes) is 3. The first-order chi connectivity index (χ1) is 21.5. The van der Waals surface area contributed by atoms with Gasteiger partial charge in [-0.1, -0.05) is 44.7 Å². The van der Waals surface area contributed by atoms with Crippen molar-refractivity contribution in [2.24, 2.45) is 0 Å². The monoisotopic (exact) mass is 617 g/mol. The molecule has 0 aliphatic carbocycles. The van der Waals surface area contributed by atoms with Crippen molar-refractivity contribution in [3.63, 3.8) is 0 Å². The third kappa shape index (κ3) is 8.01. The molecule has 0 radical (unpaired) electrons. The van der Waals surface area contributed by atoms with Crippen LogP contribution in [0.15, 0.2) is 69.4 Å². The highest BCUT2D eigenvalue weighted by molar-refractivity contribution is 5.98. The maximum atomic E-state index is 13.5. The first-order valence-electron chi connectivity index (χ1n) is 14.5. The predicted molar refractivity (Wildman–Crippen MR) is 168 cm³/mol. The number of benzene rings is 3. The summed E-state index contributed by atoms with van der Waals surface area (Å²) >= 11 is 0. The zero-order chi connectivity index (χ0) is 32.7. The average molecular weight is 618 g/mol. The van der Waals surface area contributed by atoms with Gasteiger partial charge in [0.05, 0.1) is 0 Å². The maximum Gasteiger partial charge on any atom is 0.328 e. The van der Waals surface area contributed by atoms with E-state index in [0.717, 1.165) is 43.5 Å². The summed E-state index contributed by atoms with van der Waals surface area (Å²) in [6.45, 7) is 3.48. The normalized spacial score (nSPS) is 12.3. The van der Waals surface area contributed by atoms with Gasteiger partial charge in [0, 0.05) is 29.8 Å². The van der Waals surface area contributed by atoms with Crippen molar-refractivity contribution in [1.82, 2.24) is 5.32 Å². The number of nitrogens with one attached hydrogen (secondary N) is 1. The van der Waals surface area contributed by atoms with Gasteiger partial charge in [0.25, 0.3) is 0 Å². The highest BCUT2D eigenvalue weighted by atomic mass is 16.5. The van der Waals surface area contributed by atoms with Gasteiger partial charge in [-0.25, -0.2) is 4.79 Å². The number of esters is 1. The number of hydrogen-bond acceptors (Lipinski definition) is 11. The van der Waals surface area contributed by atoms with Crippen molar-refractivity contribution in [1.29, 1.82) is 0 Å². The number of aromatic hydroxyl groups is 5. The van der Waals surface area contributed by atoms with E-state index in [2.05, 4.69) is 12.2 Å². The van der Waals surface area contributed by atoms with Crippen LogP contribution in [0.5, 0.6) is 34.5 Å². The molecule has 11 nitrogen and oxygen atoms in total. The van der Waals surface area contributed by atoms with Crippen LogP contribution >= 0.6 is 0 Å². The molecule has 1 atom stereocenters. The lowest BCUT2D eigenvalue weighted by atomic mass is 10.0. The number of Topliss-reactive ketones (excluding diaryl/α,β-unsaturated/α-hetero) is 1. The van der Waals surface area contributed by atoms with Gasteiger partial charge in [-0.3, -0.25) is 9.59 Å². The van der Waals surface area contributed by atoms with Crippen LogP contribution in [0.4, 0.5) is 0 Å². The minimum Gasteiger partial charge on any atom is -0.508 e. The molecule has 0 aliphatic rings. The molecule has 0 saturated heterocycles. The fraction of sp³-hybridized carbons (Fsp3) is 0.265. The summed E-state index contributed by atoms with van der Waals surface area (Å²) in [5.41, 5.74) is -0.0208. The van der Waals surface area contributed by atoms with Crippen LogP contribution in [-0.2, 0) is 9.59 Å². The number of phenolic OH excluding ortho intramolecular Hbond substituents is 4. The van der Waals surface area contributed by atoms with Crippen LogP contribution in [0.2, 0.25) is 0 Å². The Morgan fingerprint density at radius 2 is 1.64 bits per heavy atom. The van der Waals surface area contributed by atoms with E-state index in [1.54, 1.807) is 18.2 Å². The van der Waals surface area contributed by atoms with E-state index in [0.29, 0.717) is 24.0 Å². The summed E-state index contributed by atoms with van der Waals surface area (Å²) in [6.07, 6.45) is 5.47. The standard InChI is InChI=1S/C34H35NO10/c1-3-4-5-6-7-25(35-18-22(19(2)36)14-20-8-11-23(37)12-9-20)34(43)45-29-17-24(38)16-28-30(29)31(41)32(42)33(44-28)21-10-13-26(39)27(40)15-21/h8-17,25,35,37-40,42H,3-7,18H2,1-2H3/b22-14-. The molecule has 0 aliphatic heterocycles. The van der Waals surface area contributed by atoms with Gasteiger partial charge in [0.2, 0.25) is 11.2 Å². The van der Waals surface area contributed by atoms with Gasteiger partial charge in [-0.05, 0) is 55.3 Å². The topological polar surface area (TPSA) is 187 Å². The van der Waals surface area contributed by atoms with E-state index < -0.39 is 34.7 Å². The van der Waals surface area contributed by atoms with E-state index in [1.807, 2.05) is 0 Å². The molecule has 1 unspecified atom stereocenters. The molecule has 1 heterocycles. The van der Waals surface area contributed by atoms with E-state index in [-0.39, 0.29) is 51.9 Å². The third-order valence-electron chi connectivity index (χ3n) is 7.22. The summed E-state index contributed by atoms with van der Waals surface area (Å²) in [5, 5.41) is 53.0. The van der Waals surface area contributed by atoms with E-state index in [1.165, 1.54) is 25.1 Å². The Kier molecular flexibility index (Phi) is 10.5. The summed E-state index contributed by atoms with van der Waals surface area (Å²) < 4.78 is 11.3. The van der Waals surface area contributed by atoms with E-state index in [9.17, 15) is 39.9 Å². The van der Waals surface area contributed by atoms with Crippen LogP contribution in [-0.4, -0.2) is 49.9 Å². The molecule has 1 aromatic heterocycles. The molecule has 0 fully saturated rings. The van der Waals surface area contributed by atoms with Crippen LogP contribution in [0, 0.1) is 0 Å². The lowest BCUT2D eigenvalue weighted by molar-refractivity contribution is -0.137. The van der Waals surface area contributed by atoms with Gasteiger partial charge >= 0.3 is 5.97 Å². The molecule has 45 heavy (non-hydrogen) atoms. The number of carbonyl (C=O) groups is 2. The average Bonchev–Trinajstić information content (AvgIpc) is 2.99. The number of phenols is 4. The minimum absolute atomic E-state index is 0.0241. The summed E-state index contributed by atoms with van der Waals surface area (Å²) in [6, 6.07) is 11.1. The first kappa shape index (κ1) is 32.6. The second-order valence-corrected chi connectivity index (χ2v) is 10.7. The first-order valence-corrected chi connectivity index (χ1v) is 14.5. The number of ketones is 1. The SMILES string of the molecule is CCCCCCC(NC/C(=C/c1ccc(O)cc1)C(C)=O)C(=O)Oc1cc(O)cc2oc(-c3ccc(O)c(O)c3)c(O)c(=O)c12. The van der Waals surface area contributed by atoms with Crippen LogP contribution < -0.4 is 15.5 Å². The van der Waals surface area contributed by atoms with Gasteiger partial charge in [-0.2, -0.15) is 0 Å². The Morgan fingerprint density at radius 1 is 0.911 bits per heavy atom. The lowest BCUT2D eigenvalue weighted by Crippen LogP contribution is -2.41. The van der Waals surface area contributed by atoms with Gasteiger partial charge in [0.15, 0.2) is 23.0 Å². The van der Waals surface area contributed by atoms with Crippen molar-refractivity contribution in [2.75, 3.05) is 6.54 Å². The number of ether oxygens (including phenoxy) is 1. The zero-order valence-corrected chi connectivity index (χ0v) is 24.9. The minimum atomic E-state index is -0.954. The van der Waals surface area contributed by atoms with Gasteiger partial charge in [-0.15, -0.1) is 0 Å². The summed E-state index contributed by atoms with van der Waals surface area (Å²) in [7, 11) is 0. The Balaban J connectivity index is 1.65. The number of carbonyl (C=O) groups excluding carboxylic acids is 2. The van der Waals surface area contributed by atoms with Crippen LogP contribution in [0.25, 0.3) is 28.4 Å². The van der Waals surface area contributed by atoms with Crippen LogP contribution in [0.1, 0.15) is 51.5 Å². The predicted octanol–water partition coefficient (Wildman–Crippen LogP) is 5.49. The molecule has 4 aromatic rings. The molecule has 6 N–H and O–H groups in total. The molecular weight excluding hydrogens is 582 g/mol. The van der Waals surface area contributed by atoms with Crippen LogP contribution in [0.3, 0.4) is 0 Å². The zero-order valence-electron chi connectivity index (χ0n) is 24.9. The highest BCUT2D eigenvalue weighted by Gasteiger charge is 2.25. The van der Waals surface area contributed by atoms with Crippen molar-refractivity contribution in [3.8, 4) is 45.8 Å². The summed E-state index contributed by atoms with van der Waals surface area (Å²) in [5.74, 6) is -3.75. The molecular formula is C34H35NO10. The quantitative estimate of drug-likeness (QED) is 0.0366.